The van der Waals surface area contributed by atoms with E-state index in [1.807, 2.05) is 48.5 Å². The number of nitrogen functional groups attached to an aromatic ring is 1. The van der Waals surface area contributed by atoms with Gasteiger partial charge >= 0.3 is 0 Å². The summed E-state index contributed by atoms with van der Waals surface area (Å²) in [5.74, 6) is 1.18. The quantitative estimate of drug-likeness (QED) is 0.432. The number of hydrogen-bond acceptors (Lipinski definition) is 4. The molecule has 0 saturated carbocycles. The molecular weight excluding hydrogens is 367 g/mol. The molecule has 0 bridgehead atoms. The molecule has 0 amide bonds. The Balaban J connectivity index is 1.90. The van der Waals surface area contributed by atoms with Crippen LogP contribution in [0.15, 0.2) is 66.7 Å². The van der Waals surface area contributed by atoms with Gasteiger partial charge in [0.15, 0.2) is 5.82 Å². The fourth-order valence-corrected chi connectivity index (χ4v) is 3.05. The van der Waals surface area contributed by atoms with Crippen molar-refractivity contribution in [1.29, 1.82) is 0 Å². The van der Waals surface area contributed by atoms with E-state index < -0.39 is 0 Å². The summed E-state index contributed by atoms with van der Waals surface area (Å²) >= 11 is 12.4. The Hall–Kier alpha value is -2.82. The highest BCUT2D eigenvalue weighted by Crippen LogP contribution is 2.32. The average Bonchev–Trinajstić information content (AvgIpc) is 2.65. The van der Waals surface area contributed by atoms with Gasteiger partial charge in [0.25, 0.3) is 0 Å². The van der Waals surface area contributed by atoms with Crippen LogP contribution < -0.4 is 11.1 Å². The number of benzene rings is 3. The smallest absolute Gasteiger partial charge is 0.164 e. The summed E-state index contributed by atoms with van der Waals surface area (Å²) in [5, 5.41) is 5.29. The number of rotatable bonds is 3. The molecule has 3 N–H and O–H groups in total. The van der Waals surface area contributed by atoms with Gasteiger partial charge in [-0.1, -0.05) is 47.5 Å². The van der Waals surface area contributed by atoms with Crippen molar-refractivity contribution in [2.75, 3.05) is 11.1 Å². The zero-order valence-electron chi connectivity index (χ0n) is 13.6. The highest BCUT2D eigenvalue weighted by molar-refractivity contribution is 6.35. The first-order chi connectivity index (χ1) is 12.6. The number of fused-ring (bicyclic) bond motifs is 1. The second kappa shape index (κ2) is 6.83. The number of halogens is 2. The topological polar surface area (TPSA) is 63.8 Å². The summed E-state index contributed by atoms with van der Waals surface area (Å²) in [7, 11) is 0. The van der Waals surface area contributed by atoms with Gasteiger partial charge in [0.2, 0.25) is 0 Å². The van der Waals surface area contributed by atoms with Gasteiger partial charge in [-0.25, -0.2) is 9.97 Å². The number of aromatic nitrogens is 2. The van der Waals surface area contributed by atoms with E-state index in [-0.39, 0.29) is 0 Å². The zero-order valence-corrected chi connectivity index (χ0v) is 15.1. The maximum Gasteiger partial charge on any atom is 0.164 e. The van der Waals surface area contributed by atoms with E-state index >= 15 is 0 Å². The molecule has 4 aromatic rings. The Morgan fingerprint density at radius 3 is 2.46 bits per heavy atom. The van der Waals surface area contributed by atoms with Crippen LogP contribution in [0.2, 0.25) is 10.0 Å². The molecule has 0 aliphatic carbocycles. The predicted molar refractivity (Wildman–Crippen MR) is 109 cm³/mol. The molecule has 26 heavy (non-hydrogen) atoms. The van der Waals surface area contributed by atoms with E-state index in [0.717, 1.165) is 16.5 Å². The normalized spacial score (nSPS) is 10.8. The number of para-hydroxylation sites is 2. The van der Waals surface area contributed by atoms with E-state index in [9.17, 15) is 0 Å². The lowest BCUT2D eigenvalue weighted by Gasteiger charge is -2.13. The van der Waals surface area contributed by atoms with Gasteiger partial charge in [-0.2, -0.15) is 0 Å². The summed E-state index contributed by atoms with van der Waals surface area (Å²) in [5.41, 5.74) is 8.98. The molecule has 3 aromatic carbocycles. The molecule has 0 aliphatic rings. The Morgan fingerprint density at radius 2 is 1.62 bits per heavy atom. The highest BCUT2D eigenvalue weighted by atomic mass is 35.5. The van der Waals surface area contributed by atoms with Crippen molar-refractivity contribution in [3.8, 4) is 11.4 Å². The van der Waals surface area contributed by atoms with E-state index in [1.54, 1.807) is 18.2 Å². The lowest BCUT2D eigenvalue weighted by molar-refractivity contribution is 1.22. The van der Waals surface area contributed by atoms with Gasteiger partial charge in [0, 0.05) is 21.7 Å². The van der Waals surface area contributed by atoms with Crippen molar-refractivity contribution < 1.29 is 0 Å². The standard InChI is InChI=1S/C20H14Cl2N4/c21-12-9-10-15(22)18(11-12)25-20-14-6-2-4-8-17(14)24-19(26-20)13-5-1-3-7-16(13)23/h1-11H,23H2,(H,24,25,26). The molecule has 128 valence electrons. The molecule has 1 aromatic heterocycles. The number of hydrogen-bond donors (Lipinski definition) is 2. The van der Waals surface area contributed by atoms with E-state index in [2.05, 4.69) is 10.3 Å². The van der Waals surface area contributed by atoms with Crippen molar-refractivity contribution in [3.63, 3.8) is 0 Å². The van der Waals surface area contributed by atoms with Gasteiger partial charge < -0.3 is 11.1 Å². The maximum absolute atomic E-state index is 6.29. The summed E-state index contributed by atoms with van der Waals surface area (Å²) in [6.07, 6.45) is 0. The second-order valence-corrected chi connectivity index (χ2v) is 6.59. The predicted octanol–water partition coefficient (Wildman–Crippen LogP) is 5.93. The summed E-state index contributed by atoms with van der Waals surface area (Å²) < 4.78 is 0. The lowest BCUT2D eigenvalue weighted by Crippen LogP contribution is -2.01. The van der Waals surface area contributed by atoms with Crippen LogP contribution in [0.5, 0.6) is 0 Å². The summed E-state index contributed by atoms with van der Waals surface area (Å²) in [6.45, 7) is 0. The van der Waals surface area contributed by atoms with Gasteiger partial charge in [-0.05, 0) is 42.5 Å². The summed E-state index contributed by atoms with van der Waals surface area (Å²) in [4.78, 5) is 9.35. The van der Waals surface area contributed by atoms with Crippen LogP contribution in [0.1, 0.15) is 0 Å². The number of anilines is 3. The van der Waals surface area contributed by atoms with Crippen molar-refractivity contribution in [2.24, 2.45) is 0 Å². The third kappa shape index (κ3) is 3.17. The van der Waals surface area contributed by atoms with Gasteiger partial charge in [-0.15, -0.1) is 0 Å². The van der Waals surface area contributed by atoms with E-state index in [1.165, 1.54) is 0 Å². The van der Waals surface area contributed by atoms with Crippen molar-refractivity contribution in [3.05, 3.63) is 76.8 Å². The first-order valence-corrected chi connectivity index (χ1v) is 8.71. The van der Waals surface area contributed by atoms with Crippen LogP contribution in [0.4, 0.5) is 17.2 Å². The first kappa shape index (κ1) is 16.6. The molecule has 0 unspecified atom stereocenters. The Labute approximate surface area is 160 Å². The largest absolute Gasteiger partial charge is 0.398 e. The fraction of sp³-hybridized carbons (Fsp3) is 0. The van der Waals surface area contributed by atoms with Crippen LogP contribution in [-0.4, -0.2) is 9.97 Å². The third-order valence-corrected chi connectivity index (χ3v) is 4.55. The molecule has 0 spiro atoms. The number of nitrogens with two attached hydrogens (primary N) is 1. The molecule has 0 saturated heterocycles. The first-order valence-electron chi connectivity index (χ1n) is 7.95. The molecule has 0 aliphatic heterocycles. The van der Waals surface area contributed by atoms with Gasteiger partial charge in [0.05, 0.1) is 16.2 Å². The molecule has 6 heteroatoms. The molecule has 0 fully saturated rings. The highest BCUT2D eigenvalue weighted by Gasteiger charge is 2.12. The van der Waals surface area contributed by atoms with E-state index in [0.29, 0.717) is 33.1 Å². The molecule has 0 atom stereocenters. The fourth-order valence-electron chi connectivity index (χ4n) is 2.71. The minimum Gasteiger partial charge on any atom is -0.398 e. The Morgan fingerprint density at radius 1 is 0.846 bits per heavy atom. The summed E-state index contributed by atoms with van der Waals surface area (Å²) in [6, 6.07) is 20.5. The maximum atomic E-state index is 6.29. The van der Waals surface area contributed by atoms with Gasteiger partial charge in [0.1, 0.15) is 5.82 Å². The van der Waals surface area contributed by atoms with Crippen molar-refractivity contribution in [1.82, 2.24) is 9.97 Å². The minimum atomic E-state index is 0.544. The molecule has 4 nitrogen and oxygen atoms in total. The number of nitrogens with zero attached hydrogens (tertiary/aromatic N) is 2. The second-order valence-electron chi connectivity index (χ2n) is 5.75. The van der Waals surface area contributed by atoms with Crippen molar-refractivity contribution >= 4 is 51.3 Å². The van der Waals surface area contributed by atoms with Crippen LogP contribution >= 0.6 is 23.2 Å². The molecule has 1 heterocycles. The van der Waals surface area contributed by atoms with Gasteiger partial charge in [-0.3, -0.25) is 0 Å². The molecule has 0 radical (unpaired) electrons. The zero-order chi connectivity index (χ0) is 18.1. The molecule has 4 rings (SSSR count). The Bertz CT molecular complexity index is 1110. The SMILES string of the molecule is Nc1ccccc1-c1nc(Nc2cc(Cl)ccc2Cl)c2ccccc2n1. The van der Waals surface area contributed by atoms with Crippen LogP contribution in [0, 0.1) is 0 Å². The minimum absolute atomic E-state index is 0.544. The average molecular weight is 381 g/mol. The number of nitrogens with one attached hydrogen (secondary N) is 1. The van der Waals surface area contributed by atoms with Crippen LogP contribution in [-0.2, 0) is 0 Å². The van der Waals surface area contributed by atoms with Crippen LogP contribution in [0.25, 0.3) is 22.3 Å². The monoisotopic (exact) mass is 380 g/mol. The lowest BCUT2D eigenvalue weighted by atomic mass is 10.1. The Kier molecular flexibility index (Phi) is 4.37. The van der Waals surface area contributed by atoms with Crippen molar-refractivity contribution in [2.45, 2.75) is 0 Å². The van der Waals surface area contributed by atoms with Crippen LogP contribution in [0.3, 0.4) is 0 Å². The van der Waals surface area contributed by atoms with E-state index in [4.69, 9.17) is 33.9 Å². The third-order valence-electron chi connectivity index (χ3n) is 3.99. The molecular formula is C20H14Cl2N4.